The number of benzene rings is 2. The van der Waals surface area contributed by atoms with Crippen LogP contribution in [0.25, 0.3) is 11.1 Å². The molecule has 6 nitrogen and oxygen atoms in total. The van der Waals surface area contributed by atoms with Gasteiger partial charge in [-0.3, -0.25) is 0 Å². The Morgan fingerprint density at radius 1 is 0.415 bits per heavy atom. The molecule has 238 valence electrons. The van der Waals surface area contributed by atoms with Crippen LogP contribution in [0.1, 0.15) is 138 Å². The molecule has 2 aromatic carbocycles. The first-order chi connectivity index (χ1) is 18.3. The van der Waals surface area contributed by atoms with Crippen LogP contribution in [0.2, 0.25) is 0 Å². The van der Waals surface area contributed by atoms with E-state index in [-0.39, 0.29) is 21.7 Å². The first-order valence-electron chi connectivity index (χ1n) is 14.3. The molecule has 0 heterocycles. The second kappa shape index (κ2) is 18.0. The second-order valence-electron chi connectivity index (χ2n) is 14.5. The van der Waals surface area contributed by atoms with E-state index >= 15 is 0 Å². The molecule has 0 radical (unpaired) electrons. The van der Waals surface area contributed by atoms with Crippen molar-refractivity contribution in [2.45, 2.75) is 138 Å². The van der Waals surface area contributed by atoms with Gasteiger partial charge in [-0.2, -0.15) is 0 Å². The molecule has 41 heavy (non-hydrogen) atoms. The molecule has 0 bridgehead atoms. The summed E-state index contributed by atoms with van der Waals surface area (Å²) in [4.78, 5) is 43.4. The summed E-state index contributed by atoms with van der Waals surface area (Å²) in [6, 6.07) is 14.4. The summed E-state index contributed by atoms with van der Waals surface area (Å²) in [6.45, 7) is 32.1. The summed E-state index contributed by atoms with van der Waals surface area (Å²) in [5.41, 5.74) is 8.84. The van der Waals surface area contributed by atoms with Crippen molar-refractivity contribution in [3.63, 3.8) is 0 Å². The van der Waals surface area contributed by atoms with E-state index in [9.17, 15) is 0 Å². The maximum absolute atomic E-state index is 7.23. The Morgan fingerprint density at radius 2 is 0.585 bits per heavy atom. The first-order valence-corrected chi connectivity index (χ1v) is 16.7. The van der Waals surface area contributed by atoms with Crippen molar-refractivity contribution in [2.24, 2.45) is 0 Å². The van der Waals surface area contributed by atoms with Crippen molar-refractivity contribution >= 4 is 17.2 Å². The molecular formula is C33H60O6P2. The number of rotatable bonds is 3. The van der Waals surface area contributed by atoms with Crippen LogP contribution in [-0.2, 0) is 21.7 Å². The zero-order chi connectivity index (χ0) is 33.0. The van der Waals surface area contributed by atoms with E-state index < -0.39 is 17.2 Å². The largest absolute Gasteiger partial charge is 0.328 e. The zero-order valence-corrected chi connectivity index (χ0v) is 30.0. The minimum absolute atomic E-state index is 0.129. The SMILES string of the molecule is CC(C)(C)c1cc(-c2cc(C(C)(C)C)cc(C(C)(C)C)c2)cc(C(C)(C)C)c1.CCCCC.OP(O)O.OP(O)O. The van der Waals surface area contributed by atoms with Crippen molar-refractivity contribution in [3.05, 3.63) is 58.7 Å². The van der Waals surface area contributed by atoms with Gasteiger partial charge in [0, 0.05) is 0 Å². The lowest BCUT2D eigenvalue weighted by molar-refractivity contribution is 0.366. The monoisotopic (exact) mass is 614 g/mol. The van der Waals surface area contributed by atoms with Crippen molar-refractivity contribution in [1.29, 1.82) is 0 Å². The molecule has 2 aromatic rings. The highest BCUT2D eigenvalue weighted by Crippen LogP contribution is 2.37. The quantitative estimate of drug-likeness (QED) is 0.192. The van der Waals surface area contributed by atoms with Gasteiger partial charge < -0.3 is 29.4 Å². The summed E-state index contributed by atoms with van der Waals surface area (Å²) in [6.07, 6.45) is 4.08. The minimum Gasteiger partial charge on any atom is -0.328 e. The van der Waals surface area contributed by atoms with Crippen LogP contribution >= 0.6 is 17.2 Å². The van der Waals surface area contributed by atoms with Gasteiger partial charge in [0.2, 0.25) is 0 Å². The van der Waals surface area contributed by atoms with Crippen LogP contribution in [0.5, 0.6) is 0 Å². The van der Waals surface area contributed by atoms with Gasteiger partial charge in [-0.15, -0.1) is 0 Å². The number of hydrogen-bond acceptors (Lipinski definition) is 6. The lowest BCUT2D eigenvalue weighted by Gasteiger charge is -2.28. The van der Waals surface area contributed by atoms with Crippen LogP contribution in [0.15, 0.2) is 36.4 Å². The van der Waals surface area contributed by atoms with Crippen molar-refractivity contribution in [2.75, 3.05) is 0 Å². The van der Waals surface area contributed by atoms with E-state index in [1.54, 1.807) is 0 Å². The van der Waals surface area contributed by atoms with Crippen LogP contribution in [0.3, 0.4) is 0 Å². The Labute approximate surface area is 253 Å². The summed E-state index contributed by atoms with van der Waals surface area (Å²) >= 11 is 0. The molecule has 6 N–H and O–H groups in total. The van der Waals surface area contributed by atoms with Gasteiger partial charge in [0.1, 0.15) is 0 Å². The molecule has 0 saturated carbocycles. The van der Waals surface area contributed by atoms with Gasteiger partial charge in [-0.1, -0.05) is 153 Å². The molecule has 0 aromatic heterocycles. The van der Waals surface area contributed by atoms with Gasteiger partial charge in [-0.25, -0.2) is 0 Å². The molecule has 8 heteroatoms. The highest BCUT2D eigenvalue weighted by Gasteiger charge is 2.24. The lowest BCUT2D eigenvalue weighted by atomic mass is 9.76. The van der Waals surface area contributed by atoms with Crippen LogP contribution in [0.4, 0.5) is 0 Å². The molecule has 0 aliphatic carbocycles. The Bertz CT molecular complexity index is 857. The molecule has 0 atom stereocenters. The average Bonchev–Trinajstić information content (AvgIpc) is 2.76. The maximum atomic E-state index is 7.23. The first kappa shape index (κ1) is 42.2. The summed E-state index contributed by atoms with van der Waals surface area (Å²) in [7, 11) is -5.24. The van der Waals surface area contributed by atoms with Gasteiger partial charge >= 0.3 is 17.2 Å². The third kappa shape index (κ3) is 19.1. The molecule has 2 rings (SSSR count). The fourth-order valence-electron chi connectivity index (χ4n) is 3.67. The average molecular weight is 615 g/mol. The normalized spacial score (nSPS) is 12.1. The van der Waals surface area contributed by atoms with Crippen LogP contribution in [-0.4, -0.2) is 29.4 Å². The molecular weight excluding hydrogens is 554 g/mol. The van der Waals surface area contributed by atoms with E-state index in [4.69, 9.17) is 29.4 Å². The Hall–Kier alpha value is -0.940. The minimum atomic E-state index is -2.62. The zero-order valence-electron chi connectivity index (χ0n) is 28.2. The topological polar surface area (TPSA) is 121 Å². The van der Waals surface area contributed by atoms with Crippen LogP contribution < -0.4 is 0 Å². The number of hydrogen-bond donors (Lipinski definition) is 6. The number of unbranched alkanes of at least 4 members (excludes halogenated alkanes) is 2. The van der Waals surface area contributed by atoms with E-state index in [1.165, 1.54) is 52.6 Å². The summed E-state index contributed by atoms with van der Waals surface area (Å²) < 4.78 is 0. The summed E-state index contributed by atoms with van der Waals surface area (Å²) in [5, 5.41) is 0. The Kier molecular flexibility index (Phi) is 18.5. The smallest absolute Gasteiger partial charge is 0.324 e. The predicted molar refractivity (Wildman–Crippen MR) is 179 cm³/mol. The molecule has 0 aliphatic heterocycles. The maximum Gasteiger partial charge on any atom is 0.324 e. The highest BCUT2D eigenvalue weighted by molar-refractivity contribution is 7.38. The third-order valence-electron chi connectivity index (χ3n) is 6.37. The lowest BCUT2D eigenvalue weighted by Crippen LogP contribution is -2.18. The predicted octanol–water partition coefficient (Wildman–Crippen LogP) is 9.12. The van der Waals surface area contributed by atoms with Crippen molar-refractivity contribution < 1.29 is 29.4 Å². The molecule has 0 aliphatic rings. The van der Waals surface area contributed by atoms with E-state index in [0.29, 0.717) is 0 Å². The van der Waals surface area contributed by atoms with Crippen molar-refractivity contribution in [3.8, 4) is 11.1 Å². The molecule has 0 spiro atoms. The third-order valence-corrected chi connectivity index (χ3v) is 6.37. The molecule has 0 fully saturated rings. The Morgan fingerprint density at radius 3 is 0.683 bits per heavy atom. The second-order valence-corrected chi connectivity index (χ2v) is 15.6. The molecule has 0 saturated heterocycles. The Balaban J connectivity index is 0. The summed E-state index contributed by atoms with van der Waals surface area (Å²) in [5.74, 6) is 0. The van der Waals surface area contributed by atoms with Gasteiger partial charge in [0.25, 0.3) is 0 Å². The molecule has 0 amide bonds. The van der Waals surface area contributed by atoms with E-state index in [0.717, 1.165) is 0 Å². The van der Waals surface area contributed by atoms with E-state index in [2.05, 4.69) is 133 Å². The van der Waals surface area contributed by atoms with Crippen molar-refractivity contribution in [1.82, 2.24) is 0 Å². The standard InChI is InChI=1S/C28H42.C5H12.2H3O3P/c1-25(2,3)21-13-19(14-22(17-21)26(4,5)6)20-15-23(27(7,8)9)18-24(16-20)28(10,11)12;1-3-5-4-2;2*1-4(2)3/h13-18H,1-12H3;3-5H2,1-2H3;2*1-3H. The molecule has 0 unspecified atom stereocenters. The van der Waals surface area contributed by atoms with Gasteiger partial charge in [0.15, 0.2) is 0 Å². The fraction of sp³-hybridized carbons (Fsp3) is 0.636. The van der Waals surface area contributed by atoms with E-state index in [1.807, 2.05) is 0 Å². The van der Waals surface area contributed by atoms with Gasteiger partial charge in [0.05, 0.1) is 0 Å². The fourth-order valence-corrected chi connectivity index (χ4v) is 3.67. The van der Waals surface area contributed by atoms with Crippen LogP contribution in [0, 0.1) is 0 Å². The highest BCUT2D eigenvalue weighted by atomic mass is 31.2. The van der Waals surface area contributed by atoms with Gasteiger partial charge in [-0.05, 0) is 55.0 Å².